The Kier molecular flexibility index (Phi) is 4.85. The molecule has 8 nitrogen and oxygen atoms in total. The molecule has 0 atom stereocenters. The number of fused-ring (bicyclic) bond motifs is 1. The van der Waals surface area contributed by atoms with E-state index in [1.165, 1.54) is 6.07 Å². The smallest absolute Gasteiger partial charge is 0.267 e. The topological polar surface area (TPSA) is 94.2 Å². The van der Waals surface area contributed by atoms with E-state index < -0.39 is 0 Å². The highest BCUT2D eigenvalue weighted by atomic mass is 32.1. The first-order chi connectivity index (χ1) is 15.2. The summed E-state index contributed by atoms with van der Waals surface area (Å²) in [6.07, 6.45) is 7.19. The summed E-state index contributed by atoms with van der Waals surface area (Å²) in [5.41, 5.74) is 3.40. The minimum absolute atomic E-state index is 0.192. The van der Waals surface area contributed by atoms with Gasteiger partial charge in [-0.3, -0.25) is 19.0 Å². The number of nitrogens with one attached hydrogen (secondary N) is 1. The second-order valence-electron chi connectivity index (χ2n) is 6.80. The van der Waals surface area contributed by atoms with Crippen molar-refractivity contribution in [2.45, 2.75) is 6.54 Å². The van der Waals surface area contributed by atoms with Crippen molar-refractivity contribution in [3.63, 3.8) is 0 Å². The van der Waals surface area contributed by atoms with Gasteiger partial charge in [0.2, 0.25) is 5.91 Å². The number of benzene rings is 1. The van der Waals surface area contributed by atoms with Gasteiger partial charge in [-0.1, -0.05) is 12.1 Å². The number of rotatable bonds is 5. The summed E-state index contributed by atoms with van der Waals surface area (Å²) >= 11 is 1.56. The highest BCUT2D eigenvalue weighted by Gasteiger charge is 2.10. The molecule has 152 valence electrons. The Hall–Kier alpha value is -4.11. The molecule has 0 spiro atoms. The van der Waals surface area contributed by atoms with Crippen molar-refractivity contribution in [1.29, 1.82) is 0 Å². The van der Waals surface area contributed by atoms with Gasteiger partial charge in [0, 0.05) is 53.0 Å². The molecule has 1 aromatic carbocycles. The Morgan fingerprint density at radius 1 is 1.03 bits per heavy atom. The van der Waals surface area contributed by atoms with Gasteiger partial charge in [0.05, 0.1) is 11.4 Å². The Morgan fingerprint density at radius 3 is 2.74 bits per heavy atom. The Morgan fingerprint density at radius 2 is 1.90 bits per heavy atom. The molecule has 0 aliphatic heterocycles. The van der Waals surface area contributed by atoms with Gasteiger partial charge in [0.1, 0.15) is 6.54 Å². The number of amides is 1. The fraction of sp³-hybridized carbons (Fsp3) is 0.0455. The van der Waals surface area contributed by atoms with Crippen molar-refractivity contribution < 1.29 is 4.79 Å². The van der Waals surface area contributed by atoms with Gasteiger partial charge in [0.25, 0.3) is 5.56 Å². The number of carbonyl (C=O) groups is 1. The van der Waals surface area contributed by atoms with Crippen molar-refractivity contribution in [1.82, 2.24) is 24.1 Å². The molecule has 31 heavy (non-hydrogen) atoms. The number of thiazole rings is 1. The first-order valence-corrected chi connectivity index (χ1v) is 10.3. The van der Waals surface area contributed by atoms with Crippen molar-refractivity contribution in [3.05, 3.63) is 89.1 Å². The summed E-state index contributed by atoms with van der Waals surface area (Å²) in [5, 5.41) is 9.12. The first-order valence-electron chi connectivity index (χ1n) is 9.47. The molecular weight excluding hydrogens is 412 g/mol. The average molecular weight is 428 g/mol. The number of imidazole rings is 1. The van der Waals surface area contributed by atoms with Crippen LogP contribution in [0.2, 0.25) is 0 Å². The number of nitrogens with zero attached hydrogens (tertiary/aromatic N) is 5. The van der Waals surface area contributed by atoms with Crippen molar-refractivity contribution in [2.24, 2.45) is 0 Å². The Bertz CT molecular complexity index is 1410. The summed E-state index contributed by atoms with van der Waals surface area (Å²) in [5.74, 6) is -0.343. The van der Waals surface area contributed by atoms with Gasteiger partial charge in [-0.15, -0.1) is 11.3 Å². The van der Waals surface area contributed by atoms with Crippen LogP contribution in [0.1, 0.15) is 0 Å². The molecular formula is C22H16N6O2S. The van der Waals surface area contributed by atoms with Crippen LogP contribution in [-0.2, 0) is 11.3 Å². The van der Waals surface area contributed by atoms with Crippen molar-refractivity contribution >= 4 is 27.9 Å². The number of carbonyl (C=O) groups excluding carboxylic acids is 1. The predicted octanol–water partition coefficient (Wildman–Crippen LogP) is 3.32. The van der Waals surface area contributed by atoms with Crippen LogP contribution in [0.5, 0.6) is 0 Å². The fourth-order valence-corrected chi connectivity index (χ4v) is 3.90. The van der Waals surface area contributed by atoms with Crippen LogP contribution in [0.4, 0.5) is 5.69 Å². The van der Waals surface area contributed by atoms with Gasteiger partial charge < -0.3 is 5.32 Å². The number of anilines is 1. The predicted molar refractivity (Wildman–Crippen MR) is 119 cm³/mol. The third kappa shape index (κ3) is 3.99. The summed E-state index contributed by atoms with van der Waals surface area (Å²) in [6, 6.07) is 14.1. The van der Waals surface area contributed by atoms with Gasteiger partial charge in [-0.05, 0) is 30.3 Å². The zero-order chi connectivity index (χ0) is 21.2. The maximum Gasteiger partial charge on any atom is 0.267 e. The monoisotopic (exact) mass is 428 g/mol. The lowest BCUT2D eigenvalue weighted by Crippen LogP contribution is -2.29. The molecule has 0 aliphatic carbocycles. The lowest BCUT2D eigenvalue weighted by atomic mass is 10.1. The summed E-state index contributed by atoms with van der Waals surface area (Å²) in [4.78, 5) is 34.3. The molecule has 5 aromatic rings. The molecule has 4 aromatic heterocycles. The van der Waals surface area contributed by atoms with Gasteiger partial charge in [-0.25, -0.2) is 9.67 Å². The third-order valence-corrected chi connectivity index (χ3v) is 5.44. The summed E-state index contributed by atoms with van der Waals surface area (Å²) < 4.78 is 3.11. The molecule has 0 saturated carbocycles. The zero-order valence-electron chi connectivity index (χ0n) is 16.2. The molecule has 1 amide bonds. The van der Waals surface area contributed by atoms with E-state index in [1.807, 2.05) is 40.4 Å². The molecule has 9 heteroatoms. The number of pyridine rings is 1. The quantitative estimate of drug-likeness (QED) is 0.463. The zero-order valence-corrected chi connectivity index (χ0v) is 17.0. The van der Waals surface area contributed by atoms with Crippen molar-refractivity contribution in [2.75, 3.05) is 5.32 Å². The minimum atomic E-state index is -0.347. The van der Waals surface area contributed by atoms with Crippen LogP contribution in [0, 0.1) is 0 Å². The Balaban J connectivity index is 1.34. The Labute approximate surface area is 180 Å². The maximum atomic E-state index is 12.6. The average Bonchev–Trinajstić information content (AvgIpc) is 3.39. The normalized spacial score (nSPS) is 11.0. The molecule has 0 unspecified atom stereocenters. The van der Waals surface area contributed by atoms with E-state index in [-0.39, 0.29) is 18.0 Å². The number of aromatic nitrogens is 5. The van der Waals surface area contributed by atoms with Crippen LogP contribution in [0.15, 0.2) is 83.5 Å². The van der Waals surface area contributed by atoms with Crippen LogP contribution >= 0.6 is 11.3 Å². The van der Waals surface area contributed by atoms with Crippen LogP contribution in [0.25, 0.3) is 27.5 Å². The molecule has 4 heterocycles. The van der Waals surface area contributed by atoms with Crippen molar-refractivity contribution in [3.8, 4) is 22.5 Å². The van der Waals surface area contributed by atoms with E-state index in [0.29, 0.717) is 11.4 Å². The molecule has 0 saturated heterocycles. The molecule has 0 radical (unpaired) electrons. The highest BCUT2D eigenvalue weighted by molar-refractivity contribution is 7.15. The second kappa shape index (κ2) is 7.96. The molecule has 1 N–H and O–H groups in total. The highest BCUT2D eigenvalue weighted by Crippen LogP contribution is 2.24. The van der Waals surface area contributed by atoms with E-state index in [1.54, 1.807) is 48.0 Å². The number of hydrogen-bond donors (Lipinski definition) is 1. The van der Waals surface area contributed by atoms with Gasteiger partial charge >= 0.3 is 0 Å². The SMILES string of the molecule is O=C(Cn1nc(-c2ccncc2)ccc1=O)Nc1cccc(-c2cn3ccsc3n2)c1. The lowest BCUT2D eigenvalue weighted by Gasteiger charge is -2.09. The minimum Gasteiger partial charge on any atom is -0.324 e. The summed E-state index contributed by atoms with van der Waals surface area (Å²) in [6.45, 7) is -0.192. The van der Waals surface area contributed by atoms with Crippen LogP contribution in [-0.4, -0.2) is 30.1 Å². The molecule has 0 aliphatic rings. The molecule has 0 fully saturated rings. The van der Waals surface area contributed by atoms with E-state index in [9.17, 15) is 9.59 Å². The first kappa shape index (κ1) is 18.9. The van der Waals surface area contributed by atoms with Gasteiger partial charge in [-0.2, -0.15) is 5.10 Å². The van der Waals surface area contributed by atoms with Crippen LogP contribution < -0.4 is 10.9 Å². The lowest BCUT2D eigenvalue weighted by molar-refractivity contribution is -0.117. The number of hydrogen-bond acceptors (Lipinski definition) is 6. The van der Waals surface area contributed by atoms with Gasteiger partial charge in [0.15, 0.2) is 4.96 Å². The van der Waals surface area contributed by atoms with E-state index >= 15 is 0 Å². The largest absolute Gasteiger partial charge is 0.324 e. The van der Waals surface area contributed by atoms with E-state index in [0.717, 1.165) is 26.5 Å². The van der Waals surface area contributed by atoms with Crippen LogP contribution in [0.3, 0.4) is 0 Å². The standard InChI is InChI=1S/C22H16N6O2S/c29-20(14-28-21(30)5-4-18(26-28)15-6-8-23-9-7-15)24-17-3-1-2-16(12-17)19-13-27-10-11-31-22(27)25-19/h1-13H,14H2,(H,24,29). The molecule has 0 bridgehead atoms. The molecule has 5 rings (SSSR count). The summed E-state index contributed by atoms with van der Waals surface area (Å²) in [7, 11) is 0. The third-order valence-electron chi connectivity index (χ3n) is 4.67. The fourth-order valence-electron chi connectivity index (χ4n) is 3.20. The maximum absolute atomic E-state index is 12.6. The van der Waals surface area contributed by atoms with E-state index in [4.69, 9.17) is 0 Å². The second-order valence-corrected chi connectivity index (χ2v) is 7.67. The van der Waals surface area contributed by atoms with E-state index in [2.05, 4.69) is 20.4 Å².